The molecule has 0 saturated heterocycles. The van der Waals surface area contributed by atoms with Crippen LogP contribution in [0.3, 0.4) is 0 Å². The van der Waals surface area contributed by atoms with Crippen LogP contribution in [0.4, 0.5) is 0 Å². The van der Waals surface area contributed by atoms with Crippen molar-refractivity contribution >= 4 is 0 Å². The minimum atomic E-state index is -0.240. The molecule has 0 saturated carbocycles. The van der Waals surface area contributed by atoms with Gasteiger partial charge < -0.3 is 15.3 Å². The first-order valence-corrected chi connectivity index (χ1v) is 5.94. The van der Waals surface area contributed by atoms with Crippen LogP contribution in [0.5, 0.6) is 0 Å². The van der Waals surface area contributed by atoms with Gasteiger partial charge in [-0.05, 0) is 32.9 Å². The minimum Gasteiger partial charge on any atom is -0.392 e. The van der Waals surface area contributed by atoms with Gasteiger partial charge in [-0.25, -0.2) is 0 Å². The fourth-order valence-electron chi connectivity index (χ4n) is 2.42. The first-order valence-electron chi connectivity index (χ1n) is 5.94. The number of likely N-dealkylation sites (N-methyl/N-ethyl adjacent to an activating group) is 1. The van der Waals surface area contributed by atoms with E-state index in [1.54, 1.807) is 0 Å². The van der Waals surface area contributed by atoms with Crippen LogP contribution in [0, 0.1) is 5.41 Å². The van der Waals surface area contributed by atoms with E-state index in [1.165, 1.54) is 12.8 Å². The molecule has 3 nitrogen and oxygen atoms in total. The maximum Gasteiger partial charge on any atom is 0.0638 e. The lowest BCUT2D eigenvalue weighted by molar-refractivity contribution is 0.107. The predicted octanol–water partition coefficient (Wildman–Crippen LogP) is 1.32. The Kier molecular flexibility index (Phi) is 7.14. The number of nitrogens with zero attached hydrogens (tertiary/aromatic N) is 1. The second-order valence-electron chi connectivity index (χ2n) is 5.14. The van der Waals surface area contributed by atoms with Crippen LogP contribution < -0.4 is 5.32 Å². The Morgan fingerprint density at radius 3 is 2.47 bits per heavy atom. The van der Waals surface area contributed by atoms with Crippen molar-refractivity contribution in [3.63, 3.8) is 0 Å². The zero-order valence-corrected chi connectivity index (χ0v) is 11.0. The molecular weight excluding hydrogens is 188 g/mol. The van der Waals surface area contributed by atoms with Gasteiger partial charge in [0.2, 0.25) is 0 Å². The summed E-state index contributed by atoms with van der Waals surface area (Å²) in [6.45, 7) is 9.19. The maximum absolute atomic E-state index is 9.32. The highest BCUT2D eigenvalue weighted by atomic mass is 16.3. The molecule has 0 aliphatic rings. The number of rotatable bonds is 8. The lowest BCUT2D eigenvalue weighted by atomic mass is 9.85. The van der Waals surface area contributed by atoms with Gasteiger partial charge in [0.25, 0.3) is 0 Å². The van der Waals surface area contributed by atoms with E-state index >= 15 is 0 Å². The molecule has 0 radical (unpaired) electrons. The number of hydrogen-bond acceptors (Lipinski definition) is 3. The average Bonchev–Trinajstić information content (AvgIpc) is 2.01. The van der Waals surface area contributed by atoms with Crippen LogP contribution in [0.15, 0.2) is 0 Å². The van der Waals surface area contributed by atoms with Gasteiger partial charge in [0.15, 0.2) is 0 Å². The molecule has 0 aliphatic carbocycles. The van der Waals surface area contributed by atoms with Crippen LogP contribution in [-0.2, 0) is 0 Å². The summed E-state index contributed by atoms with van der Waals surface area (Å²) < 4.78 is 0. The Hall–Kier alpha value is -0.120. The smallest absolute Gasteiger partial charge is 0.0638 e. The van der Waals surface area contributed by atoms with E-state index in [-0.39, 0.29) is 6.10 Å². The minimum absolute atomic E-state index is 0.240. The predicted molar refractivity (Wildman–Crippen MR) is 66.1 cm³/mol. The molecule has 0 spiro atoms. The fraction of sp³-hybridized carbons (Fsp3) is 1.00. The molecule has 0 fully saturated rings. The van der Waals surface area contributed by atoms with Crippen molar-refractivity contribution in [2.45, 2.75) is 39.7 Å². The molecule has 0 heterocycles. The fourth-order valence-corrected chi connectivity index (χ4v) is 2.42. The average molecular weight is 216 g/mol. The number of aliphatic hydroxyl groups excluding tert-OH is 1. The molecule has 2 atom stereocenters. The number of nitrogens with one attached hydrogen (secondary N) is 1. The van der Waals surface area contributed by atoms with Crippen LogP contribution in [0.2, 0.25) is 0 Å². The van der Waals surface area contributed by atoms with Gasteiger partial charge in [0.1, 0.15) is 0 Å². The monoisotopic (exact) mass is 216 g/mol. The van der Waals surface area contributed by atoms with Gasteiger partial charge in [0.05, 0.1) is 6.10 Å². The zero-order chi connectivity index (χ0) is 11.9. The summed E-state index contributed by atoms with van der Waals surface area (Å²) in [5.74, 6) is 0. The summed E-state index contributed by atoms with van der Waals surface area (Å²) in [5.41, 5.74) is 0.313. The SMILES string of the molecule is CCCC(C)(CNC)CN(C)CC(C)O. The van der Waals surface area contributed by atoms with Crippen LogP contribution in [0.1, 0.15) is 33.6 Å². The molecule has 0 aromatic heterocycles. The van der Waals surface area contributed by atoms with Crippen molar-refractivity contribution < 1.29 is 5.11 Å². The Morgan fingerprint density at radius 1 is 1.47 bits per heavy atom. The van der Waals surface area contributed by atoms with Crippen molar-refractivity contribution in [1.29, 1.82) is 0 Å². The largest absolute Gasteiger partial charge is 0.392 e. The standard InChI is InChI=1S/C12H28N2O/c1-6-7-12(3,9-13-4)10-14(5)8-11(2)15/h11,13,15H,6-10H2,1-5H3. The Bertz CT molecular complexity index is 154. The summed E-state index contributed by atoms with van der Waals surface area (Å²) in [4.78, 5) is 2.22. The first-order chi connectivity index (χ1) is 6.93. The van der Waals surface area contributed by atoms with E-state index in [0.29, 0.717) is 5.41 Å². The quantitative estimate of drug-likeness (QED) is 0.642. The second-order valence-corrected chi connectivity index (χ2v) is 5.14. The summed E-state index contributed by atoms with van der Waals surface area (Å²) >= 11 is 0. The van der Waals surface area contributed by atoms with Gasteiger partial charge in [-0.15, -0.1) is 0 Å². The summed E-state index contributed by atoms with van der Waals surface area (Å²) in [6.07, 6.45) is 2.19. The highest BCUT2D eigenvalue weighted by Gasteiger charge is 2.24. The Morgan fingerprint density at radius 2 is 2.07 bits per heavy atom. The molecule has 0 rings (SSSR count). The molecule has 2 N–H and O–H groups in total. The molecule has 2 unspecified atom stereocenters. The molecule has 92 valence electrons. The van der Waals surface area contributed by atoms with Crippen molar-refractivity contribution in [2.75, 3.05) is 33.7 Å². The van der Waals surface area contributed by atoms with E-state index in [2.05, 4.69) is 31.1 Å². The van der Waals surface area contributed by atoms with Crippen LogP contribution >= 0.6 is 0 Å². The zero-order valence-electron chi connectivity index (χ0n) is 11.0. The van der Waals surface area contributed by atoms with E-state index < -0.39 is 0 Å². The topological polar surface area (TPSA) is 35.5 Å². The molecule has 0 aliphatic heterocycles. The third kappa shape index (κ3) is 6.88. The van der Waals surface area contributed by atoms with Gasteiger partial charge in [-0.3, -0.25) is 0 Å². The van der Waals surface area contributed by atoms with Gasteiger partial charge in [-0.2, -0.15) is 0 Å². The summed E-state index contributed by atoms with van der Waals surface area (Å²) in [7, 11) is 4.08. The van der Waals surface area contributed by atoms with Crippen LogP contribution in [0.25, 0.3) is 0 Å². The van der Waals surface area contributed by atoms with Crippen molar-refractivity contribution in [3.8, 4) is 0 Å². The second kappa shape index (κ2) is 7.20. The van der Waals surface area contributed by atoms with Crippen molar-refractivity contribution in [1.82, 2.24) is 10.2 Å². The molecule has 3 heteroatoms. The van der Waals surface area contributed by atoms with E-state index in [0.717, 1.165) is 19.6 Å². The molecule has 0 aromatic rings. The Labute approximate surface area is 94.9 Å². The normalized spacial score (nSPS) is 17.8. The van der Waals surface area contributed by atoms with E-state index in [9.17, 15) is 5.11 Å². The maximum atomic E-state index is 9.32. The lowest BCUT2D eigenvalue weighted by Gasteiger charge is -2.34. The van der Waals surface area contributed by atoms with E-state index in [4.69, 9.17) is 0 Å². The highest BCUT2D eigenvalue weighted by molar-refractivity contribution is 4.79. The number of hydrogen-bond donors (Lipinski definition) is 2. The van der Waals surface area contributed by atoms with Gasteiger partial charge in [0, 0.05) is 19.6 Å². The third-order valence-electron chi connectivity index (χ3n) is 2.68. The molecule has 15 heavy (non-hydrogen) atoms. The van der Waals surface area contributed by atoms with E-state index in [1.807, 2.05) is 14.0 Å². The summed E-state index contributed by atoms with van der Waals surface area (Å²) in [6, 6.07) is 0. The molecule has 0 aromatic carbocycles. The number of aliphatic hydroxyl groups is 1. The summed E-state index contributed by atoms with van der Waals surface area (Å²) in [5, 5.41) is 12.6. The molecular formula is C12H28N2O. The third-order valence-corrected chi connectivity index (χ3v) is 2.68. The van der Waals surface area contributed by atoms with Gasteiger partial charge in [-0.1, -0.05) is 20.3 Å². The van der Waals surface area contributed by atoms with Crippen LogP contribution in [-0.4, -0.2) is 49.8 Å². The lowest BCUT2D eigenvalue weighted by Crippen LogP contribution is -2.42. The first kappa shape index (κ1) is 14.9. The van der Waals surface area contributed by atoms with Gasteiger partial charge >= 0.3 is 0 Å². The highest BCUT2D eigenvalue weighted by Crippen LogP contribution is 2.23. The van der Waals surface area contributed by atoms with Crippen molar-refractivity contribution in [2.24, 2.45) is 5.41 Å². The molecule has 0 bridgehead atoms. The Balaban J connectivity index is 4.14. The van der Waals surface area contributed by atoms with Crippen molar-refractivity contribution in [3.05, 3.63) is 0 Å². The molecule has 0 amide bonds.